The zero-order chi connectivity index (χ0) is 24.1. The normalized spacial score (nSPS) is 14.4. The number of methoxy groups -OCH3 is 1. The number of hydrogen-bond donors (Lipinski definition) is 2. The van der Waals surface area contributed by atoms with Gasteiger partial charge in [0.25, 0.3) is 11.8 Å². The standard InChI is InChI=1S/C21H20BrN3O8/c1-3-31-16-8-11(6-13(22)18(16)32-10-17(23)26)7-14-19(27)25(21(29)24-14)9-12-4-5-15(33-12)20(28)30-2/h4-8H,3,9-10H2,1-2H3,(H2,23,26)(H,24,29)/b14-7-. The summed E-state index contributed by atoms with van der Waals surface area (Å²) in [4.78, 5) is 48.6. The fourth-order valence-corrected chi connectivity index (χ4v) is 3.50. The average molecular weight is 522 g/mol. The number of ether oxygens (including phenoxy) is 3. The fourth-order valence-electron chi connectivity index (χ4n) is 2.93. The summed E-state index contributed by atoms with van der Waals surface area (Å²) < 4.78 is 21.3. The van der Waals surface area contributed by atoms with E-state index in [-0.39, 0.29) is 36.1 Å². The largest absolute Gasteiger partial charge is 0.490 e. The van der Waals surface area contributed by atoms with Crippen LogP contribution < -0.4 is 20.5 Å². The zero-order valence-corrected chi connectivity index (χ0v) is 19.3. The number of carbonyl (C=O) groups excluding carboxylic acids is 4. The lowest BCUT2D eigenvalue weighted by molar-refractivity contribution is -0.123. The molecule has 1 saturated heterocycles. The molecule has 1 aliphatic rings. The highest BCUT2D eigenvalue weighted by Gasteiger charge is 2.34. The molecule has 0 atom stereocenters. The molecule has 1 aromatic heterocycles. The lowest BCUT2D eigenvalue weighted by Crippen LogP contribution is -2.30. The summed E-state index contributed by atoms with van der Waals surface area (Å²) in [5.41, 5.74) is 5.68. The number of nitrogens with zero attached hydrogens (tertiary/aromatic N) is 1. The van der Waals surface area contributed by atoms with Gasteiger partial charge in [-0.2, -0.15) is 0 Å². The van der Waals surface area contributed by atoms with Gasteiger partial charge in [0.2, 0.25) is 5.76 Å². The van der Waals surface area contributed by atoms with Crippen molar-refractivity contribution in [1.82, 2.24) is 10.2 Å². The molecule has 3 rings (SSSR count). The van der Waals surface area contributed by atoms with Crippen LogP contribution >= 0.6 is 15.9 Å². The van der Waals surface area contributed by atoms with Crippen LogP contribution in [0.25, 0.3) is 6.08 Å². The third kappa shape index (κ3) is 5.52. The average Bonchev–Trinajstić information content (AvgIpc) is 3.33. The molecule has 1 fully saturated rings. The molecule has 4 amide bonds. The minimum Gasteiger partial charge on any atom is -0.490 e. The molecule has 33 heavy (non-hydrogen) atoms. The summed E-state index contributed by atoms with van der Waals surface area (Å²) in [6.07, 6.45) is 1.47. The molecule has 0 spiro atoms. The van der Waals surface area contributed by atoms with Gasteiger partial charge in [0.15, 0.2) is 18.1 Å². The Labute approximate surface area is 196 Å². The van der Waals surface area contributed by atoms with Gasteiger partial charge in [0, 0.05) is 0 Å². The number of nitrogens with two attached hydrogens (primary N) is 1. The van der Waals surface area contributed by atoms with Crippen LogP contribution in [0.15, 0.2) is 38.9 Å². The van der Waals surface area contributed by atoms with Crippen molar-refractivity contribution in [2.24, 2.45) is 5.73 Å². The molecule has 0 unspecified atom stereocenters. The van der Waals surface area contributed by atoms with Gasteiger partial charge in [-0.1, -0.05) is 0 Å². The number of primary amides is 1. The molecule has 174 valence electrons. The van der Waals surface area contributed by atoms with Crippen LogP contribution in [0.2, 0.25) is 0 Å². The highest BCUT2D eigenvalue weighted by Crippen LogP contribution is 2.37. The third-order valence-corrected chi connectivity index (χ3v) is 4.92. The number of nitrogens with one attached hydrogen (secondary N) is 1. The lowest BCUT2D eigenvalue weighted by atomic mass is 10.1. The number of hydrogen-bond acceptors (Lipinski definition) is 8. The Morgan fingerprint density at radius 1 is 1.24 bits per heavy atom. The quantitative estimate of drug-likeness (QED) is 0.289. The maximum absolute atomic E-state index is 12.8. The number of amides is 4. The summed E-state index contributed by atoms with van der Waals surface area (Å²) in [6.45, 7) is 1.58. The topological polar surface area (TPSA) is 150 Å². The second kappa shape index (κ2) is 10.2. The van der Waals surface area contributed by atoms with E-state index < -0.39 is 23.8 Å². The SMILES string of the molecule is CCOc1cc(/C=C2\NC(=O)N(Cc3ccc(C(=O)OC)o3)C2=O)cc(Br)c1OCC(N)=O. The van der Waals surface area contributed by atoms with E-state index >= 15 is 0 Å². The molecule has 0 bridgehead atoms. The van der Waals surface area contributed by atoms with E-state index in [1.807, 2.05) is 0 Å². The van der Waals surface area contributed by atoms with E-state index in [0.717, 1.165) is 4.90 Å². The number of imide groups is 1. The van der Waals surface area contributed by atoms with Gasteiger partial charge in [-0.25, -0.2) is 9.59 Å². The Bertz CT molecular complexity index is 1140. The Hall–Kier alpha value is -3.80. The first-order chi connectivity index (χ1) is 15.7. The van der Waals surface area contributed by atoms with E-state index in [0.29, 0.717) is 22.4 Å². The van der Waals surface area contributed by atoms with Crippen LogP contribution in [0.4, 0.5) is 4.79 Å². The van der Waals surface area contributed by atoms with Crippen molar-refractivity contribution in [3.05, 3.63) is 51.5 Å². The van der Waals surface area contributed by atoms with E-state index in [9.17, 15) is 19.2 Å². The molecule has 3 N–H and O–H groups in total. The van der Waals surface area contributed by atoms with Crippen molar-refractivity contribution >= 4 is 45.8 Å². The van der Waals surface area contributed by atoms with Gasteiger partial charge in [0.05, 0.1) is 24.7 Å². The molecular weight excluding hydrogens is 502 g/mol. The van der Waals surface area contributed by atoms with Crippen molar-refractivity contribution in [3.8, 4) is 11.5 Å². The molecule has 0 saturated carbocycles. The van der Waals surface area contributed by atoms with Gasteiger partial charge < -0.3 is 29.7 Å². The van der Waals surface area contributed by atoms with Crippen LogP contribution in [-0.2, 0) is 20.9 Å². The molecular formula is C21H20BrN3O8. The maximum Gasteiger partial charge on any atom is 0.373 e. The number of furan rings is 1. The summed E-state index contributed by atoms with van der Waals surface area (Å²) in [5.74, 6) is -1.11. The lowest BCUT2D eigenvalue weighted by Gasteiger charge is -2.14. The Kier molecular flexibility index (Phi) is 7.38. The van der Waals surface area contributed by atoms with Crippen LogP contribution in [0.3, 0.4) is 0 Å². The first-order valence-electron chi connectivity index (χ1n) is 9.62. The molecule has 0 radical (unpaired) electrons. The summed E-state index contributed by atoms with van der Waals surface area (Å²) in [5, 5.41) is 2.51. The van der Waals surface area contributed by atoms with Gasteiger partial charge in [0.1, 0.15) is 11.5 Å². The van der Waals surface area contributed by atoms with Crippen molar-refractivity contribution in [2.45, 2.75) is 13.5 Å². The molecule has 0 aliphatic carbocycles. The van der Waals surface area contributed by atoms with E-state index in [1.165, 1.54) is 25.3 Å². The summed E-state index contributed by atoms with van der Waals surface area (Å²) in [6, 6.07) is 5.45. The van der Waals surface area contributed by atoms with Crippen LogP contribution in [0, 0.1) is 0 Å². The van der Waals surface area contributed by atoms with Crippen molar-refractivity contribution in [1.29, 1.82) is 0 Å². The number of esters is 1. The minimum atomic E-state index is -0.669. The summed E-state index contributed by atoms with van der Waals surface area (Å²) >= 11 is 3.35. The van der Waals surface area contributed by atoms with Gasteiger partial charge in [-0.05, 0) is 58.8 Å². The predicted molar refractivity (Wildman–Crippen MR) is 117 cm³/mol. The molecule has 12 heteroatoms. The smallest absolute Gasteiger partial charge is 0.373 e. The molecule has 2 heterocycles. The van der Waals surface area contributed by atoms with E-state index in [4.69, 9.17) is 19.6 Å². The first kappa shape index (κ1) is 23.9. The third-order valence-electron chi connectivity index (χ3n) is 4.33. The van der Waals surface area contributed by atoms with Crippen molar-refractivity contribution < 1.29 is 37.8 Å². The first-order valence-corrected chi connectivity index (χ1v) is 10.4. The molecule has 2 aromatic rings. The predicted octanol–water partition coefficient (Wildman–Crippen LogP) is 2.18. The van der Waals surface area contributed by atoms with E-state index in [2.05, 4.69) is 26.0 Å². The molecule has 11 nitrogen and oxygen atoms in total. The molecule has 1 aromatic carbocycles. The van der Waals surface area contributed by atoms with Crippen LogP contribution in [0.5, 0.6) is 11.5 Å². The Balaban J connectivity index is 1.82. The number of benzene rings is 1. The number of carbonyl (C=O) groups is 4. The van der Waals surface area contributed by atoms with Gasteiger partial charge in [-0.3, -0.25) is 14.5 Å². The van der Waals surface area contributed by atoms with Crippen molar-refractivity contribution in [3.63, 3.8) is 0 Å². The number of halogens is 1. The Morgan fingerprint density at radius 2 is 2.00 bits per heavy atom. The fraction of sp³-hybridized carbons (Fsp3) is 0.238. The number of rotatable bonds is 9. The van der Waals surface area contributed by atoms with Gasteiger partial charge in [-0.15, -0.1) is 0 Å². The van der Waals surface area contributed by atoms with Crippen LogP contribution in [-0.4, -0.2) is 49.0 Å². The zero-order valence-electron chi connectivity index (χ0n) is 17.7. The highest BCUT2D eigenvalue weighted by atomic mass is 79.9. The molecule has 1 aliphatic heterocycles. The Morgan fingerprint density at radius 3 is 2.67 bits per heavy atom. The number of urea groups is 1. The second-order valence-corrected chi connectivity index (χ2v) is 7.51. The monoisotopic (exact) mass is 521 g/mol. The highest BCUT2D eigenvalue weighted by molar-refractivity contribution is 9.10. The van der Waals surface area contributed by atoms with Crippen molar-refractivity contribution in [2.75, 3.05) is 20.3 Å². The summed E-state index contributed by atoms with van der Waals surface area (Å²) in [7, 11) is 1.21. The van der Waals surface area contributed by atoms with Crippen LogP contribution in [0.1, 0.15) is 28.8 Å². The second-order valence-electron chi connectivity index (χ2n) is 6.65. The maximum atomic E-state index is 12.8. The minimum absolute atomic E-state index is 0.0277. The van der Waals surface area contributed by atoms with Gasteiger partial charge >= 0.3 is 12.0 Å². The van der Waals surface area contributed by atoms with E-state index in [1.54, 1.807) is 19.1 Å².